The van der Waals surface area contributed by atoms with Crippen LogP contribution in [0, 0.1) is 10.1 Å². The van der Waals surface area contributed by atoms with Crippen molar-refractivity contribution in [1.29, 1.82) is 0 Å². The predicted octanol–water partition coefficient (Wildman–Crippen LogP) is 3.65. The molecule has 1 aromatic heterocycles. The third kappa shape index (κ3) is 3.58. The van der Waals surface area contributed by atoms with Gasteiger partial charge in [0.25, 0.3) is 11.6 Å². The molecule has 0 saturated carbocycles. The minimum atomic E-state index is -0.575. The molecule has 1 N–H and O–H groups in total. The minimum Gasteiger partial charge on any atom is -0.296 e. The maximum Gasteiger partial charge on any atom is 0.270 e. The molecule has 9 heteroatoms. The number of anilines is 1. The number of nitro groups is 1. The first-order chi connectivity index (χ1) is 10.2. The summed E-state index contributed by atoms with van der Waals surface area (Å²) in [5, 5.41) is 22.3. The highest BCUT2D eigenvalue weighted by atomic mass is 35.5. The van der Waals surface area contributed by atoms with Crippen molar-refractivity contribution >= 4 is 39.7 Å². The largest absolute Gasteiger partial charge is 0.296 e. The average Bonchev–Trinajstić information content (AvgIpc) is 2.86. The summed E-state index contributed by atoms with van der Waals surface area (Å²) in [4.78, 5) is 22.2. The third-order valence-corrected chi connectivity index (χ3v) is 4.27. The molecule has 0 aliphatic carbocycles. The Hall–Kier alpha value is -2.06. The lowest BCUT2D eigenvalue weighted by Crippen LogP contribution is -2.12. The highest BCUT2D eigenvalue weighted by Gasteiger charge is 2.21. The molecule has 0 atom stereocenters. The summed E-state index contributed by atoms with van der Waals surface area (Å²) in [6, 6.07) is 3.67. The lowest BCUT2D eigenvalue weighted by Gasteiger charge is -2.12. The van der Waals surface area contributed by atoms with E-state index in [4.69, 9.17) is 11.6 Å². The van der Waals surface area contributed by atoms with E-state index >= 15 is 0 Å². The Morgan fingerprint density at radius 2 is 2.05 bits per heavy atom. The molecule has 0 saturated heterocycles. The van der Waals surface area contributed by atoms with Crippen LogP contribution in [0.2, 0.25) is 5.02 Å². The van der Waals surface area contributed by atoms with Gasteiger partial charge in [-0.15, -0.1) is 10.2 Å². The van der Waals surface area contributed by atoms with Crippen LogP contribution in [0.1, 0.15) is 36.1 Å². The Balaban J connectivity index is 2.19. The average molecular weight is 341 g/mol. The van der Waals surface area contributed by atoms with Gasteiger partial charge < -0.3 is 0 Å². The van der Waals surface area contributed by atoms with E-state index in [1.165, 1.54) is 23.5 Å². The fourth-order valence-electron chi connectivity index (χ4n) is 1.54. The zero-order valence-electron chi connectivity index (χ0n) is 12.1. The zero-order chi connectivity index (χ0) is 16.5. The second-order valence-electron chi connectivity index (χ2n) is 5.54. The minimum absolute atomic E-state index is 0.00672. The first kappa shape index (κ1) is 16.3. The number of benzene rings is 1. The van der Waals surface area contributed by atoms with Crippen LogP contribution in [0.4, 0.5) is 10.8 Å². The molecule has 0 spiro atoms. The topological polar surface area (TPSA) is 98.0 Å². The van der Waals surface area contributed by atoms with Crippen molar-refractivity contribution in [2.45, 2.75) is 26.2 Å². The molecule has 116 valence electrons. The van der Waals surface area contributed by atoms with Crippen molar-refractivity contribution in [2.75, 3.05) is 5.32 Å². The monoisotopic (exact) mass is 340 g/mol. The van der Waals surface area contributed by atoms with Crippen molar-refractivity contribution in [3.8, 4) is 0 Å². The molecule has 0 fully saturated rings. The van der Waals surface area contributed by atoms with E-state index in [0.29, 0.717) is 5.13 Å². The number of carbonyl (C=O) groups is 1. The van der Waals surface area contributed by atoms with Gasteiger partial charge in [0.05, 0.1) is 15.5 Å². The van der Waals surface area contributed by atoms with Crippen molar-refractivity contribution in [1.82, 2.24) is 10.2 Å². The first-order valence-electron chi connectivity index (χ1n) is 6.28. The van der Waals surface area contributed by atoms with E-state index in [2.05, 4.69) is 15.5 Å². The molecule has 2 rings (SSSR count). The van der Waals surface area contributed by atoms with Crippen LogP contribution in [0.25, 0.3) is 0 Å². The number of carbonyl (C=O) groups excluding carboxylic acids is 1. The lowest BCUT2D eigenvalue weighted by molar-refractivity contribution is -0.384. The number of aromatic nitrogens is 2. The van der Waals surface area contributed by atoms with Crippen molar-refractivity contribution in [2.24, 2.45) is 0 Å². The fraction of sp³-hybridized carbons (Fsp3) is 0.308. The molecule has 1 aromatic carbocycles. The molecule has 0 radical (unpaired) electrons. The molecular weight excluding hydrogens is 328 g/mol. The van der Waals surface area contributed by atoms with Gasteiger partial charge in [-0.25, -0.2) is 0 Å². The molecule has 1 heterocycles. The Labute approximate surface area is 135 Å². The van der Waals surface area contributed by atoms with E-state index in [1.807, 2.05) is 20.8 Å². The van der Waals surface area contributed by atoms with Gasteiger partial charge in [-0.05, 0) is 6.07 Å². The summed E-state index contributed by atoms with van der Waals surface area (Å²) in [6.45, 7) is 5.98. The molecule has 0 aliphatic heterocycles. The normalized spacial score (nSPS) is 11.3. The molecule has 0 aliphatic rings. The highest BCUT2D eigenvalue weighted by molar-refractivity contribution is 7.15. The molecule has 0 bridgehead atoms. The molecule has 7 nitrogen and oxygen atoms in total. The van der Waals surface area contributed by atoms with Gasteiger partial charge in [0.1, 0.15) is 5.01 Å². The van der Waals surface area contributed by atoms with Crippen molar-refractivity contribution in [3.63, 3.8) is 0 Å². The number of nitro benzene ring substituents is 1. The van der Waals surface area contributed by atoms with Crippen LogP contribution in [0.5, 0.6) is 0 Å². The van der Waals surface area contributed by atoms with Crippen molar-refractivity contribution < 1.29 is 9.72 Å². The summed E-state index contributed by atoms with van der Waals surface area (Å²) >= 11 is 7.19. The van der Waals surface area contributed by atoms with Gasteiger partial charge in [-0.3, -0.25) is 20.2 Å². The number of non-ortho nitro benzene ring substituents is 1. The van der Waals surface area contributed by atoms with Crippen molar-refractivity contribution in [3.05, 3.63) is 43.9 Å². The number of rotatable bonds is 3. The number of hydrogen-bond donors (Lipinski definition) is 1. The van der Waals surface area contributed by atoms with Crippen LogP contribution < -0.4 is 5.32 Å². The molecule has 1 amide bonds. The van der Waals surface area contributed by atoms with Crippen LogP contribution in [-0.4, -0.2) is 21.0 Å². The zero-order valence-corrected chi connectivity index (χ0v) is 13.7. The first-order valence-corrected chi connectivity index (χ1v) is 7.47. The van der Waals surface area contributed by atoms with E-state index in [-0.39, 0.29) is 21.7 Å². The van der Waals surface area contributed by atoms with Crippen LogP contribution in [0.3, 0.4) is 0 Å². The highest BCUT2D eigenvalue weighted by Crippen LogP contribution is 2.29. The van der Waals surface area contributed by atoms with Gasteiger partial charge in [0.15, 0.2) is 0 Å². The van der Waals surface area contributed by atoms with Gasteiger partial charge in [0, 0.05) is 17.5 Å². The Morgan fingerprint density at radius 1 is 1.36 bits per heavy atom. The molecule has 22 heavy (non-hydrogen) atoms. The summed E-state index contributed by atoms with van der Waals surface area (Å²) in [7, 11) is 0. The number of amides is 1. The van der Waals surface area contributed by atoms with Crippen LogP contribution in [-0.2, 0) is 5.41 Å². The second-order valence-corrected chi connectivity index (χ2v) is 6.92. The summed E-state index contributed by atoms with van der Waals surface area (Å²) in [5.74, 6) is -0.489. The maximum atomic E-state index is 12.1. The van der Waals surface area contributed by atoms with Gasteiger partial charge in [0.2, 0.25) is 5.13 Å². The summed E-state index contributed by atoms with van der Waals surface area (Å²) < 4.78 is 0. The standard InChI is InChI=1S/C13H13ClN4O3S/c1-13(2,3)11-16-17-12(22-11)15-10(19)8-5-4-7(18(20)21)6-9(8)14/h4-6H,1-3H3,(H,15,17,19). The van der Waals surface area contributed by atoms with E-state index < -0.39 is 10.8 Å². The number of hydrogen-bond acceptors (Lipinski definition) is 6. The van der Waals surface area contributed by atoms with Gasteiger partial charge in [-0.2, -0.15) is 0 Å². The van der Waals surface area contributed by atoms with E-state index in [9.17, 15) is 14.9 Å². The smallest absolute Gasteiger partial charge is 0.270 e. The SMILES string of the molecule is CC(C)(C)c1nnc(NC(=O)c2ccc([N+](=O)[O-])cc2Cl)s1. The number of nitrogens with one attached hydrogen (secondary N) is 1. The number of halogens is 1. The van der Waals surface area contributed by atoms with Crippen LogP contribution >= 0.6 is 22.9 Å². The van der Waals surface area contributed by atoms with E-state index in [0.717, 1.165) is 11.1 Å². The Morgan fingerprint density at radius 3 is 2.55 bits per heavy atom. The Bertz CT molecular complexity index is 739. The number of nitrogens with zero attached hydrogens (tertiary/aromatic N) is 3. The predicted molar refractivity (Wildman–Crippen MR) is 84.7 cm³/mol. The van der Waals surface area contributed by atoms with E-state index in [1.54, 1.807) is 0 Å². The quantitative estimate of drug-likeness (QED) is 0.679. The lowest BCUT2D eigenvalue weighted by atomic mass is 9.98. The Kier molecular flexibility index (Phi) is 4.43. The third-order valence-electron chi connectivity index (χ3n) is 2.70. The molecule has 2 aromatic rings. The summed E-state index contributed by atoms with van der Waals surface area (Å²) in [5.41, 5.74) is -0.196. The summed E-state index contributed by atoms with van der Waals surface area (Å²) in [6.07, 6.45) is 0. The second kappa shape index (κ2) is 5.98. The van der Waals surface area contributed by atoms with Gasteiger partial charge in [-0.1, -0.05) is 43.7 Å². The van der Waals surface area contributed by atoms with Gasteiger partial charge >= 0.3 is 0 Å². The maximum absolute atomic E-state index is 12.1. The van der Waals surface area contributed by atoms with Crippen LogP contribution in [0.15, 0.2) is 18.2 Å². The molecular formula is C13H13ClN4O3S. The fourth-order valence-corrected chi connectivity index (χ4v) is 2.60. The molecule has 0 unspecified atom stereocenters.